The van der Waals surface area contributed by atoms with E-state index < -0.39 is 46.7 Å². The second-order valence-corrected chi connectivity index (χ2v) is 4.99. The Morgan fingerprint density at radius 3 is 2.29 bits per heavy atom. The molecule has 1 fully saturated rings. The van der Waals surface area contributed by atoms with Gasteiger partial charge in [0.25, 0.3) is 0 Å². The lowest BCUT2D eigenvalue weighted by molar-refractivity contribution is -0.199. The predicted molar refractivity (Wildman–Crippen MR) is 53.6 cm³/mol. The average molecular weight is 270 g/mol. The zero-order chi connectivity index (χ0) is 13.4. The van der Waals surface area contributed by atoms with Crippen LogP contribution < -0.4 is 0 Å². The summed E-state index contributed by atoms with van der Waals surface area (Å²) in [6.45, 7) is 2.73. The standard InChI is InChI=1S/C8H14O8S/c1-3-5(9)7(16-17(12,13)14)4(2)15-6(3)8(10)11/h3-7,9H,1-2H3,(H,10,11)(H,12,13,14)/t3-,4-,5+,6?,7?/m0/s1. The molecule has 5 atom stereocenters. The van der Waals surface area contributed by atoms with Crippen molar-refractivity contribution in [2.75, 3.05) is 0 Å². The Kier molecular flexibility index (Phi) is 4.10. The first-order valence-electron chi connectivity index (χ1n) is 4.85. The molecule has 1 heterocycles. The van der Waals surface area contributed by atoms with Gasteiger partial charge in [0.2, 0.25) is 0 Å². The van der Waals surface area contributed by atoms with E-state index in [0.29, 0.717) is 0 Å². The van der Waals surface area contributed by atoms with E-state index in [0.717, 1.165) is 0 Å². The highest BCUT2D eigenvalue weighted by atomic mass is 32.3. The maximum absolute atomic E-state index is 10.8. The zero-order valence-electron chi connectivity index (χ0n) is 9.18. The van der Waals surface area contributed by atoms with Gasteiger partial charge in [0.15, 0.2) is 6.10 Å². The summed E-state index contributed by atoms with van der Waals surface area (Å²) >= 11 is 0. The van der Waals surface area contributed by atoms with E-state index in [1.165, 1.54) is 13.8 Å². The number of carboxylic acid groups (broad SMARTS) is 1. The molecule has 0 aromatic carbocycles. The Morgan fingerprint density at radius 1 is 1.35 bits per heavy atom. The molecule has 17 heavy (non-hydrogen) atoms. The smallest absolute Gasteiger partial charge is 0.397 e. The number of aliphatic carboxylic acids is 1. The molecule has 8 nitrogen and oxygen atoms in total. The SMILES string of the molecule is C[C@@H]1OC(C(=O)O)[C@@H](C)[C@@H](O)C1OS(=O)(=O)O. The van der Waals surface area contributed by atoms with E-state index in [1.54, 1.807) is 0 Å². The van der Waals surface area contributed by atoms with Crippen LogP contribution in [0, 0.1) is 5.92 Å². The van der Waals surface area contributed by atoms with Crippen molar-refractivity contribution in [3.8, 4) is 0 Å². The van der Waals surface area contributed by atoms with E-state index in [-0.39, 0.29) is 0 Å². The van der Waals surface area contributed by atoms with E-state index in [2.05, 4.69) is 4.18 Å². The van der Waals surface area contributed by atoms with Crippen LogP contribution in [-0.4, -0.2) is 53.6 Å². The summed E-state index contributed by atoms with van der Waals surface area (Å²) in [5.74, 6) is -2.12. The van der Waals surface area contributed by atoms with E-state index in [1.807, 2.05) is 0 Å². The molecular weight excluding hydrogens is 256 g/mol. The molecule has 0 aromatic rings. The molecule has 0 aromatic heterocycles. The molecule has 2 unspecified atom stereocenters. The molecule has 0 radical (unpaired) electrons. The van der Waals surface area contributed by atoms with Crippen LogP contribution in [-0.2, 0) is 24.1 Å². The molecule has 0 amide bonds. The minimum atomic E-state index is -4.74. The molecule has 1 saturated heterocycles. The summed E-state index contributed by atoms with van der Waals surface area (Å²) in [5.41, 5.74) is 0. The second kappa shape index (κ2) is 4.86. The number of hydrogen-bond donors (Lipinski definition) is 3. The first-order chi connectivity index (χ1) is 7.63. The van der Waals surface area contributed by atoms with Gasteiger partial charge in [-0.05, 0) is 6.92 Å². The lowest BCUT2D eigenvalue weighted by Crippen LogP contribution is -2.56. The van der Waals surface area contributed by atoms with E-state index in [4.69, 9.17) is 14.4 Å². The van der Waals surface area contributed by atoms with Crippen LogP contribution in [0.1, 0.15) is 13.8 Å². The molecule has 1 rings (SSSR count). The van der Waals surface area contributed by atoms with Crippen LogP contribution in [0.3, 0.4) is 0 Å². The predicted octanol–water partition coefficient (Wildman–Crippen LogP) is -0.957. The van der Waals surface area contributed by atoms with Gasteiger partial charge >= 0.3 is 16.4 Å². The number of ether oxygens (including phenoxy) is 1. The molecular formula is C8H14O8S. The van der Waals surface area contributed by atoms with Crippen molar-refractivity contribution in [2.45, 2.75) is 38.3 Å². The van der Waals surface area contributed by atoms with Crippen molar-refractivity contribution >= 4 is 16.4 Å². The van der Waals surface area contributed by atoms with Gasteiger partial charge in [-0.15, -0.1) is 0 Å². The average Bonchev–Trinajstić information content (AvgIpc) is 2.16. The summed E-state index contributed by atoms with van der Waals surface area (Å²) < 4.78 is 39.0. The molecule has 0 saturated carbocycles. The minimum absolute atomic E-state index is 0.865. The highest BCUT2D eigenvalue weighted by molar-refractivity contribution is 7.80. The van der Waals surface area contributed by atoms with Crippen molar-refractivity contribution in [2.24, 2.45) is 5.92 Å². The van der Waals surface area contributed by atoms with Gasteiger partial charge < -0.3 is 14.9 Å². The molecule has 0 bridgehead atoms. The summed E-state index contributed by atoms with van der Waals surface area (Å²) in [6, 6.07) is 0. The molecule has 0 spiro atoms. The molecule has 0 aliphatic carbocycles. The summed E-state index contributed by atoms with van der Waals surface area (Å²) in [4.78, 5) is 10.8. The van der Waals surface area contributed by atoms with Crippen LogP contribution in [0.5, 0.6) is 0 Å². The van der Waals surface area contributed by atoms with Crippen LogP contribution in [0.25, 0.3) is 0 Å². The fraction of sp³-hybridized carbons (Fsp3) is 0.875. The number of carboxylic acids is 1. The first-order valence-corrected chi connectivity index (χ1v) is 6.22. The highest BCUT2D eigenvalue weighted by Crippen LogP contribution is 2.28. The Balaban J connectivity index is 2.87. The van der Waals surface area contributed by atoms with Gasteiger partial charge in [0.1, 0.15) is 6.10 Å². The maximum atomic E-state index is 10.8. The molecule has 3 N–H and O–H groups in total. The Bertz CT molecular complexity index is 390. The number of hydrogen-bond acceptors (Lipinski definition) is 6. The highest BCUT2D eigenvalue weighted by Gasteiger charge is 2.46. The van der Waals surface area contributed by atoms with Gasteiger partial charge in [0, 0.05) is 5.92 Å². The zero-order valence-corrected chi connectivity index (χ0v) is 9.99. The van der Waals surface area contributed by atoms with Gasteiger partial charge in [-0.2, -0.15) is 8.42 Å². The topological polar surface area (TPSA) is 130 Å². The van der Waals surface area contributed by atoms with E-state index in [9.17, 15) is 18.3 Å². The minimum Gasteiger partial charge on any atom is -0.479 e. The van der Waals surface area contributed by atoms with Crippen molar-refractivity contribution in [1.29, 1.82) is 0 Å². The third kappa shape index (κ3) is 3.36. The fourth-order valence-electron chi connectivity index (χ4n) is 1.75. The largest absolute Gasteiger partial charge is 0.479 e. The van der Waals surface area contributed by atoms with Crippen molar-refractivity contribution in [3.63, 3.8) is 0 Å². The number of carbonyl (C=O) groups is 1. The van der Waals surface area contributed by atoms with Gasteiger partial charge in [-0.3, -0.25) is 4.55 Å². The number of aliphatic hydroxyl groups is 1. The number of aliphatic hydroxyl groups excluding tert-OH is 1. The fourth-order valence-corrected chi connectivity index (χ4v) is 2.30. The van der Waals surface area contributed by atoms with Gasteiger partial charge in [-0.25, -0.2) is 8.98 Å². The Hall–Kier alpha value is -0.740. The third-order valence-electron chi connectivity index (χ3n) is 2.65. The monoisotopic (exact) mass is 270 g/mol. The van der Waals surface area contributed by atoms with Gasteiger partial charge in [0.05, 0.1) is 12.2 Å². The van der Waals surface area contributed by atoms with Crippen molar-refractivity contribution in [3.05, 3.63) is 0 Å². The van der Waals surface area contributed by atoms with Crippen LogP contribution in [0.2, 0.25) is 0 Å². The first kappa shape index (κ1) is 14.3. The third-order valence-corrected chi connectivity index (χ3v) is 3.12. The normalized spacial score (nSPS) is 38.9. The quantitative estimate of drug-likeness (QED) is 0.559. The molecule has 1 aliphatic heterocycles. The number of rotatable bonds is 3. The molecule has 100 valence electrons. The lowest BCUT2D eigenvalue weighted by atomic mass is 9.88. The summed E-state index contributed by atoms with van der Waals surface area (Å²) in [5, 5.41) is 18.6. The van der Waals surface area contributed by atoms with E-state index >= 15 is 0 Å². The molecule has 1 aliphatic rings. The second-order valence-electron chi connectivity index (χ2n) is 3.94. The van der Waals surface area contributed by atoms with Crippen molar-refractivity contribution in [1.82, 2.24) is 0 Å². The lowest BCUT2D eigenvalue weighted by Gasteiger charge is -2.39. The maximum Gasteiger partial charge on any atom is 0.397 e. The Morgan fingerprint density at radius 2 is 1.88 bits per heavy atom. The molecule has 9 heteroatoms. The van der Waals surface area contributed by atoms with Crippen molar-refractivity contribution < 1.29 is 36.9 Å². The van der Waals surface area contributed by atoms with Gasteiger partial charge in [-0.1, -0.05) is 6.92 Å². The summed E-state index contributed by atoms with van der Waals surface area (Å²) in [6.07, 6.45) is -4.94. The van der Waals surface area contributed by atoms with Crippen LogP contribution in [0.15, 0.2) is 0 Å². The summed E-state index contributed by atoms with van der Waals surface area (Å²) in [7, 11) is -4.74. The van der Waals surface area contributed by atoms with Crippen LogP contribution >= 0.6 is 0 Å². The van der Waals surface area contributed by atoms with Crippen LogP contribution in [0.4, 0.5) is 0 Å². The Labute approximate surface area is 98.1 Å².